The van der Waals surface area contributed by atoms with Crippen LogP contribution < -0.4 is 0 Å². The van der Waals surface area contributed by atoms with Crippen LogP contribution in [-0.4, -0.2) is 61.6 Å². The van der Waals surface area contributed by atoms with E-state index in [-0.39, 0.29) is 0 Å². The van der Waals surface area contributed by atoms with E-state index in [4.69, 9.17) is 4.74 Å². The number of rotatable bonds is 4. The van der Waals surface area contributed by atoms with E-state index < -0.39 is 0 Å². The van der Waals surface area contributed by atoms with Crippen LogP contribution in [0.3, 0.4) is 0 Å². The van der Waals surface area contributed by atoms with Crippen LogP contribution in [0.1, 0.15) is 39.0 Å². The zero-order valence-corrected chi connectivity index (χ0v) is 12.4. The average Bonchev–Trinajstić information content (AvgIpc) is 2.48. The molecule has 2 rings (SSSR count). The van der Waals surface area contributed by atoms with Crippen LogP contribution in [0.5, 0.6) is 0 Å². The van der Waals surface area contributed by atoms with Gasteiger partial charge in [0.2, 0.25) is 5.91 Å². The number of carbonyl (C=O) groups excluding carboxylic acids is 1. The Morgan fingerprint density at radius 2 is 1.74 bits per heavy atom. The summed E-state index contributed by atoms with van der Waals surface area (Å²) in [6.45, 7) is 7.44. The van der Waals surface area contributed by atoms with Crippen LogP contribution in [0.4, 0.5) is 0 Å². The molecule has 0 aliphatic carbocycles. The lowest BCUT2D eigenvalue weighted by Crippen LogP contribution is -2.44. The summed E-state index contributed by atoms with van der Waals surface area (Å²) in [5.74, 6) is 1.10. The quantitative estimate of drug-likeness (QED) is 0.778. The van der Waals surface area contributed by atoms with E-state index in [9.17, 15) is 4.79 Å². The molecule has 2 aliphatic heterocycles. The molecule has 0 bridgehead atoms. The number of nitrogens with zero attached hydrogens (tertiary/aromatic N) is 2. The molecule has 4 heteroatoms. The van der Waals surface area contributed by atoms with Gasteiger partial charge >= 0.3 is 0 Å². The maximum atomic E-state index is 11.6. The van der Waals surface area contributed by atoms with Gasteiger partial charge in [-0.3, -0.25) is 4.79 Å². The fourth-order valence-electron chi connectivity index (χ4n) is 3.28. The topological polar surface area (TPSA) is 32.8 Å². The van der Waals surface area contributed by atoms with E-state index >= 15 is 0 Å². The van der Waals surface area contributed by atoms with E-state index in [0.29, 0.717) is 18.4 Å². The first-order valence-electron chi connectivity index (χ1n) is 7.75. The molecule has 0 aromatic rings. The van der Waals surface area contributed by atoms with Crippen molar-refractivity contribution in [3.8, 4) is 0 Å². The Kier molecular flexibility index (Phi) is 5.64. The van der Waals surface area contributed by atoms with Crippen molar-refractivity contribution in [2.75, 3.05) is 39.8 Å². The van der Waals surface area contributed by atoms with Crippen LogP contribution in [0.15, 0.2) is 0 Å². The highest BCUT2D eigenvalue weighted by Gasteiger charge is 2.25. The highest BCUT2D eigenvalue weighted by atomic mass is 16.5. The highest BCUT2D eigenvalue weighted by molar-refractivity contribution is 5.75. The van der Waals surface area contributed by atoms with Crippen molar-refractivity contribution in [1.82, 2.24) is 9.80 Å². The molecule has 110 valence electrons. The van der Waals surface area contributed by atoms with E-state index in [1.807, 2.05) is 18.9 Å². The normalized spacial score (nSPS) is 23.8. The smallest absolute Gasteiger partial charge is 0.222 e. The fourth-order valence-corrected chi connectivity index (χ4v) is 3.28. The Balaban J connectivity index is 1.67. The van der Waals surface area contributed by atoms with Gasteiger partial charge in [0.05, 0.1) is 6.10 Å². The second-order valence-corrected chi connectivity index (χ2v) is 5.91. The molecule has 2 aliphatic rings. The van der Waals surface area contributed by atoms with Gasteiger partial charge in [0.15, 0.2) is 0 Å². The first-order chi connectivity index (χ1) is 9.22. The molecule has 0 atom stereocenters. The third-order valence-corrected chi connectivity index (χ3v) is 4.65. The molecule has 2 fully saturated rings. The summed E-state index contributed by atoms with van der Waals surface area (Å²) in [5, 5.41) is 0. The van der Waals surface area contributed by atoms with Crippen molar-refractivity contribution in [3.63, 3.8) is 0 Å². The van der Waals surface area contributed by atoms with Crippen molar-refractivity contribution in [3.05, 3.63) is 0 Å². The number of piperidine rings is 2. The van der Waals surface area contributed by atoms with E-state index in [1.165, 1.54) is 45.3 Å². The lowest BCUT2D eigenvalue weighted by molar-refractivity contribution is -0.132. The van der Waals surface area contributed by atoms with Gasteiger partial charge in [-0.2, -0.15) is 0 Å². The monoisotopic (exact) mass is 268 g/mol. The molecule has 2 heterocycles. The minimum atomic E-state index is 0.319. The molecule has 2 saturated heterocycles. The molecule has 19 heavy (non-hydrogen) atoms. The van der Waals surface area contributed by atoms with Gasteiger partial charge in [-0.15, -0.1) is 0 Å². The summed E-state index contributed by atoms with van der Waals surface area (Å²) in [4.78, 5) is 16.3. The van der Waals surface area contributed by atoms with E-state index in [0.717, 1.165) is 19.0 Å². The van der Waals surface area contributed by atoms with Crippen LogP contribution in [0.25, 0.3) is 0 Å². The second kappa shape index (κ2) is 7.25. The molecule has 0 aromatic heterocycles. The Labute approximate surface area is 117 Å². The standard InChI is InChI=1S/C15H28N2O2/c1-3-15(18)17-10-4-13(5-11-17)12-16-8-6-14(19-2)7-9-16/h13-14H,3-12H2,1-2H3. The number of carbonyl (C=O) groups is 1. The van der Waals surface area contributed by atoms with Gasteiger partial charge in [0.25, 0.3) is 0 Å². The second-order valence-electron chi connectivity index (χ2n) is 5.91. The Bertz CT molecular complexity index is 280. The maximum Gasteiger partial charge on any atom is 0.222 e. The first-order valence-corrected chi connectivity index (χ1v) is 7.75. The number of likely N-dealkylation sites (tertiary alicyclic amines) is 2. The largest absolute Gasteiger partial charge is 0.381 e. The van der Waals surface area contributed by atoms with Crippen LogP contribution in [-0.2, 0) is 9.53 Å². The first kappa shape index (κ1) is 14.8. The number of methoxy groups -OCH3 is 1. The number of hydrogen-bond donors (Lipinski definition) is 0. The average molecular weight is 268 g/mol. The molecule has 0 saturated carbocycles. The molecular weight excluding hydrogens is 240 g/mol. The predicted octanol–water partition coefficient (Wildman–Crippen LogP) is 1.75. The molecule has 0 radical (unpaired) electrons. The third-order valence-electron chi connectivity index (χ3n) is 4.65. The van der Waals surface area contributed by atoms with Crippen LogP contribution in [0, 0.1) is 5.92 Å². The number of amides is 1. The predicted molar refractivity (Wildman–Crippen MR) is 76.1 cm³/mol. The van der Waals surface area contributed by atoms with E-state index in [2.05, 4.69) is 4.90 Å². The van der Waals surface area contributed by atoms with Gasteiger partial charge in [-0.05, 0) is 31.6 Å². The molecule has 0 spiro atoms. The Morgan fingerprint density at radius 1 is 1.11 bits per heavy atom. The van der Waals surface area contributed by atoms with Crippen molar-refractivity contribution in [2.24, 2.45) is 5.92 Å². The minimum absolute atomic E-state index is 0.319. The van der Waals surface area contributed by atoms with Gasteiger partial charge < -0.3 is 14.5 Å². The zero-order valence-electron chi connectivity index (χ0n) is 12.4. The fraction of sp³-hybridized carbons (Fsp3) is 0.933. The van der Waals surface area contributed by atoms with Gasteiger partial charge in [0.1, 0.15) is 0 Å². The zero-order chi connectivity index (χ0) is 13.7. The third kappa shape index (κ3) is 4.18. The number of hydrogen-bond acceptors (Lipinski definition) is 3. The van der Waals surface area contributed by atoms with Gasteiger partial charge in [-0.25, -0.2) is 0 Å². The van der Waals surface area contributed by atoms with Crippen LogP contribution in [0.2, 0.25) is 0 Å². The Hall–Kier alpha value is -0.610. The molecule has 4 nitrogen and oxygen atoms in total. The maximum absolute atomic E-state index is 11.6. The SMILES string of the molecule is CCC(=O)N1CCC(CN2CCC(OC)CC2)CC1. The summed E-state index contributed by atoms with van der Waals surface area (Å²) < 4.78 is 5.41. The lowest BCUT2D eigenvalue weighted by atomic mass is 9.95. The summed E-state index contributed by atoms with van der Waals surface area (Å²) >= 11 is 0. The summed E-state index contributed by atoms with van der Waals surface area (Å²) in [6, 6.07) is 0. The van der Waals surface area contributed by atoms with Gasteiger partial charge in [0, 0.05) is 46.3 Å². The summed E-state index contributed by atoms with van der Waals surface area (Å²) in [6.07, 6.45) is 5.81. The molecule has 0 N–H and O–H groups in total. The van der Waals surface area contributed by atoms with E-state index in [1.54, 1.807) is 0 Å². The van der Waals surface area contributed by atoms with Gasteiger partial charge in [-0.1, -0.05) is 6.92 Å². The highest BCUT2D eigenvalue weighted by Crippen LogP contribution is 2.21. The van der Waals surface area contributed by atoms with Crippen LogP contribution >= 0.6 is 0 Å². The summed E-state index contributed by atoms with van der Waals surface area (Å²) in [5.41, 5.74) is 0. The molecule has 0 unspecified atom stereocenters. The van der Waals surface area contributed by atoms with Crippen molar-refractivity contribution >= 4 is 5.91 Å². The van der Waals surface area contributed by atoms with Crippen molar-refractivity contribution < 1.29 is 9.53 Å². The van der Waals surface area contributed by atoms with Crippen molar-refractivity contribution in [1.29, 1.82) is 0 Å². The molecule has 0 aromatic carbocycles. The molecular formula is C15H28N2O2. The molecule has 1 amide bonds. The summed E-state index contributed by atoms with van der Waals surface area (Å²) in [7, 11) is 1.82. The minimum Gasteiger partial charge on any atom is -0.381 e. The Morgan fingerprint density at radius 3 is 2.26 bits per heavy atom. The lowest BCUT2D eigenvalue weighted by Gasteiger charge is -2.37. The number of ether oxygens (including phenoxy) is 1. The van der Waals surface area contributed by atoms with Crippen molar-refractivity contribution in [2.45, 2.75) is 45.1 Å².